The number of nitrogens with zero attached hydrogens (tertiary/aromatic N) is 2. The number of anilines is 2. The van der Waals surface area contributed by atoms with E-state index in [1.54, 1.807) is 0 Å². The first-order chi connectivity index (χ1) is 12.3. The molecule has 0 radical (unpaired) electrons. The van der Waals surface area contributed by atoms with Gasteiger partial charge in [-0.1, -0.05) is 13.8 Å². The molecule has 1 aromatic rings. The zero-order valence-electron chi connectivity index (χ0n) is 15.1. The number of benzene rings is 1. The molecular weight excluding hydrogens is 355 g/mol. The SMILES string of the molecule is CC(C)NC1CCN(c2cc(F)cc3c2NC(C2CC2)=NS3(=O)=O)CC1. The quantitative estimate of drug-likeness (QED) is 0.840. The van der Waals surface area contributed by atoms with Crippen LogP contribution in [0, 0.1) is 11.7 Å². The van der Waals surface area contributed by atoms with Crippen LogP contribution in [0.3, 0.4) is 0 Å². The molecule has 4 rings (SSSR count). The van der Waals surface area contributed by atoms with Crippen LogP contribution in [-0.4, -0.2) is 39.4 Å². The van der Waals surface area contributed by atoms with Gasteiger partial charge >= 0.3 is 0 Å². The third-order valence-electron chi connectivity index (χ3n) is 5.16. The van der Waals surface area contributed by atoms with Crippen LogP contribution >= 0.6 is 0 Å². The molecule has 2 fully saturated rings. The predicted octanol–water partition coefficient (Wildman–Crippen LogP) is 2.72. The Hall–Kier alpha value is -1.67. The number of rotatable bonds is 4. The second-order valence-corrected chi connectivity index (χ2v) is 9.30. The van der Waals surface area contributed by atoms with Gasteiger partial charge in [-0.3, -0.25) is 0 Å². The van der Waals surface area contributed by atoms with Crippen molar-refractivity contribution in [3.63, 3.8) is 0 Å². The summed E-state index contributed by atoms with van der Waals surface area (Å²) in [6, 6.07) is 3.38. The first-order valence-electron chi connectivity index (χ1n) is 9.30. The summed E-state index contributed by atoms with van der Waals surface area (Å²) >= 11 is 0. The Bertz CT molecular complexity index is 841. The summed E-state index contributed by atoms with van der Waals surface area (Å²) in [7, 11) is -3.86. The molecule has 1 aliphatic carbocycles. The standard InChI is InChI=1S/C18H25FN4O2S/c1-11(2)20-14-5-7-23(8-6-14)15-9-13(19)10-16-17(15)21-18(12-3-4-12)22-26(16,24)25/h9-12,14,20H,3-8H2,1-2H3,(H,21,22). The molecule has 2 aliphatic heterocycles. The molecule has 2 heterocycles. The lowest BCUT2D eigenvalue weighted by molar-refractivity contribution is 0.387. The van der Waals surface area contributed by atoms with Gasteiger partial charge in [0.2, 0.25) is 0 Å². The first kappa shape index (κ1) is 17.7. The number of hydrogen-bond donors (Lipinski definition) is 2. The Balaban J connectivity index is 1.64. The van der Waals surface area contributed by atoms with Gasteiger partial charge in [-0.05, 0) is 37.8 Å². The number of piperidine rings is 1. The van der Waals surface area contributed by atoms with Crippen LogP contribution in [-0.2, 0) is 10.0 Å². The zero-order chi connectivity index (χ0) is 18.5. The summed E-state index contributed by atoms with van der Waals surface area (Å²) in [5, 5.41) is 6.74. The minimum absolute atomic E-state index is 0.0562. The van der Waals surface area contributed by atoms with E-state index < -0.39 is 15.8 Å². The van der Waals surface area contributed by atoms with Crippen molar-refractivity contribution in [2.45, 2.75) is 56.5 Å². The monoisotopic (exact) mass is 380 g/mol. The molecule has 0 atom stereocenters. The largest absolute Gasteiger partial charge is 0.370 e. The summed E-state index contributed by atoms with van der Waals surface area (Å²) in [6.45, 7) is 5.78. The summed E-state index contributed by atoms with van der Waals surface area (Å²) in [5.74, 6) is 0.134. The van der Waals surface area contributed by atoms with Crippen LogP contribution < -0.4 is 15.5 Å². The molecule has 0 unspecified atom stereocenters. The van der Waals surface area contributed by atoms with Gasteiger partial charge in [-0.2, -0.15) is 8.42 Å². The van der Waals surface area contributed by atoms with Crippen LogP contribution in [0.5, 0.6) is 0 Å². The summed E-state index contributed by atoms with van der Waals surface area (Å²) in [5.41, 5.74) is 1.11. The van der Waals surface area contributed by atoms with Crippen molar-refractivity contribution in [1.29, 1.82) is 0 Å². The third-order valence-corrected chi connectivity index (χ3v) is 6.48. The zero-order valence-corrected chi connectivity index (χ0v) is 15.9. The van der Waals surface area contributed by atoms with Gasteiger partial charge in [0.05, 0.1) is 11.4 Å². The third kappa shape index (κ3) is 3.44. The fourth-order valence-electron chi connectivity index (χ4n) is 3.77. The lowest BCUT2D eigenvalue weighted by Crippen LogP contribution is -2.45. The van der Waals surface area contributed by atoms with Gasteiger partial charge in [0.1, 0.15) is 16.5 Å². The van der Waals surface area contributed by atoms with Crippen molar-refractivity contribution in [2.75, 3.05) is 23.3 Å². The van der Waals surface area contributed by atoms with E-state index in [0.717, 1.165) is 44.8 Å². The Kier molecular flexibility index (Phi) is 4.43. The normalized spacial score (nSPS) is 22.8. The minimum Gasteiger partial charge on any atom is -0.370 e. The van der Waals surface area contributed by atoms with Crippen molar-refractivity contribution < 1.29 is 12.8 Å². The molecule has 0 bridgehead atoms. The van der Waals surface area contributed by atoms with E-state index in [1.165, 1.54) is 6.07 Å². The van der Waals surface area contributed by atoms with Crippen molar-refractivity contribution in [1.82, 2.24) is 5.32 Å². The number of nitrogens with one attached hydrogen (secondary N) is 2. The molecule has 1 saturated heterocycles. The van der Waals surface area contributed by atoms with Crippen LogP contribution in [0.4, 0.5) is 15.8 Å². The van der Waals surface area contributed by atoms with E-state index in [4.69, 9.17) is 0 Å². The number of sulfonamides is 1. The van der Waals surface area contributed by atoms with Crippen LogP contribution in [0.25, 0.3) is 0 Å². The number of hydrogen-bond acceptors (Lipinski definition) is 5. The fourth-order valence-corrected chi connectivity index (χ4v) is 5.00. The summed E-state index contributed by atoms with van der Waals surface area (Å²) in [6.07, 6.45) is 3.78. The molecule has 1 aromatic carbocycles. The molecule has 0 amide bonds. The molecule has 0 spiro atoms. The van der Waals surface area contributed by atoms with E-state index >= 15 is 0 Å². The van der Waals surface area contributed by atoms with E-state index in [1.807, 2.05) is 0 Å². The van der Waals surface area contributed by atoms with Gasteiger partial charge in [0.15, 0.2) is 0 Å². The highest BCUT2D eigenvalue weighted by Gasteiger charge is 2.36. The van der Waals surface area contributed by atoms with Gasteiger partial charge < -0.3 is 15.5 Å². The summed E-state index contributed by atoms with van der Waals surface area (Å²) < 4.78 is 43.2. The maximum absolute atomic E-state index is 14.2. The van der Waals surface area contributed by atoms with E-state index in [-0.39, 0.29) is 10.8 Å². The molecule has 3 aliphatic rings. The highest BCUT2D eigenvalue weighted by molar-refractivity contribution is 7.90. The molecule has 0 aromatic heterocycles. The van der Waals surface area contributed by atoms with E-state index in [9.17, 15) is 12.8 Å². The first-order valence-corrected chi connectivity index (χ1v) is 10.7. The van der Waals surface area contributed by atoms with Crippen LogP contribution in [0.15, 0.2) is 21.4 Å². The second kappa shape index (κ2) is 6.49. The fraction of sp³-hybridized carbons (Fsp3) is 0.611. The van der Waals surface area contributed by atoms with Crippen molar-refractivity contribution in [3.05, 3.63) is 17.9 Å². The average Bonchev–Trinajstić information content (AvgIpc) is 3.39. The van der Waals surface area contributed by atoms with E-state index in [0.29, 0.717) is 29.3 Å². The predicted molar refractivity (Wildman–Crippen MR) is 101 cm³/mol. The lowest BCUT2D eigenvalue weighted by Gasteiger charge is -2.36. The lowest BCUT2D eigenvalue weighted by atomic mass is 10.0. The Morgan fingerprint density at radius 3 is 2.54 bits per heavy atom. The van der Waals surface area contributed by atoms with Crippen molar-refractivity contribution in [3.8, 4) is 0 Å². The minimum atomic E-state index is -3.86. The molecule has 26 heavy (non-hydrogen) atoms. The molecule has 1 saturated carbocycles. The number of fused-ring (bicyclic) bond motifs is 1. The van der Waals surface area contributed by atoms with Crippen molar-refractivity contribution in [2.24, 2.45) is 10.3 Å². The molecule has 6 nitrogen and oxygen atoms in total. The molecule has 8 heteroatoms. The second-order valence-electron chi connectivity index (χ2n) is 7.73. The number of halogens is 1. The van der Waals surface area contributed by atoms with Crippen LogP contribution in [0.1, 0.15) is 39.5 Å². The van der Waals surface area contributed by atoms with Gasteiger partial charge in [0, 0.05) is 31.1 Å². The average molecular weight is 380 g/mol. The highest BCUT2D eigenvalue weighted by Crippen LogP contribution is 2.41. The Labute approximate surface area is 153 Å². The Morgan fingerprint density at radius 2 is 1.92 bits per heavy atom. The maximum Gasteiger partial charge on any atom is 0.286 e. The Morgan fingerprint density at radius 1 is 1.23 bits per heavy atom. The highest BCUT2D eigenvalue weighted by atomic mass is 32.2. The van der Waals surface area contributed by atoms with Gasteiger partial charge in [-0.25, -0.2) is 4.39 Å². The van der Waals surface area contributed by atoms with Crippen molar-refractivity contribution >= 4 is 27.2 Å². The van der Waals surface area contributed by atoms with Gasteiger partial charge in [-0.15, -0.1) is 4.40 Å². The molecular formula is C18H25FN4O2S. The topological polar surface area (TPSA) is 73.8 Å². The van der Waals surface area contributed by atoms with E-state index in [2.05, 4.69) is 33.8 Å². The maximum atomic E-state index is 14.2. The van der Waals surface area contributed by atoms with Crippen LogP contribution in [0.2, 0.25) is 0 Å². The number of amidine groups is 1. The molecule has 142 valence electrons. The summed E-state index contributed by atoms with van der Waals surface area (Å²) in [4.78, 5) is 2.03. The van der Waals surface area contributed by atoms with Gasteiger partial charge in [0.25, 0.3) is 10.0 Å². The smallest absolute Gasteiger partial charge is 0.286 e. The molecule has 2 N–H and O–H groups in total.